The van der Waals surface area contributed by atoms with Crippen molar-refractivity contribution in [2.75, 3.05) is 12.4 Å². The van der Waals surface area contributed by atoms with Crippen LogP contribution < -0.4 is 10.1 Å². The smallest absolute Gasteiger partial charge is 0.319 e. The number of carbonyl (C=O) groups is 2. The molecular formula is C30H27NO4. The monoisotopic (exact) mass is 465 g/mol. The number of esters is 1. The number of ether oxygens (including phenoxy) is 2. The molecule has 0 unspecified atom stereocenters. The summed E-state index contributed by atoms with van der Waals surface area (Å²) >= 11 is 0. The molecule has 5 nitrogen and oxygen atoms in total. The predicted octanol–water partition coefficient (Wildman–Crippen LogP) is 6.06. The van der Waals surface area contributed by atoms with Gasteiger partial charge in [0.05, 0.1) is 12.8 Å². The van der Waals surface area contributed by atoms with Crippen LogP contribution >= 0.6 is 0 Å². The first-order valence-corrected chi connectivity index (χ1v) is 11.4. The number of hydrogen-bond acceptors (Lipinski definition) is 4. The van der Waals surface area contributed by atoms with E-state index in [-0.39, 0.29) is 0 Å². The fourth-order valence-corrected chi connectivity index (χ4v) is 3.96. The van der Waals surface area contributed by atoms with Gasteiger partial charge in [-0.05, 0) is 35.7 Å². The van der Waals surface area contributed by atoms with E-state index in [0.29, 0.717) is 17.0 Å². The molecule has 0 saturated carbocycles. The molecule has 1 N–H and O–H groups in total. The van der Waals surface area contributed by atoms with E-state index in [2.05, 4.69) is 5.32 Å². The second-order valence-electron chi connectivity index (χ2n) is 8.17. The van der Waals surface area contributed by atoms with Crippen molar-refractivity contribution >= 4 is 17.6 Å². The molecule has 0 bridgehead atoms. The molecule has 35 heavy (non-hydrogen) atoms. The molecule has 4 aromatic carbocycles. The first-order valence-electron chi connectivity index (χ1n) is 11.4. The van der Waals surface area contributed by atoms with E-state index in [1.165, 1.54) is 0 Å². The normalized spacial score (nSPS) is 11.5. The van der Waals surface area contributed by atoms with Gasteiger partial charge in [0.2, 0.25) is 6.10 Å². The molecule has 0 fully saturated rings. The lowest BCUT2D eigenvalue weighted by molar-refractivity contribution is -0.155. The molecule has 0 aliphatic rings. The molecule has 4 aromatic rings. The third kappa shape index (κ3) is 5.76. The van der Waals surface area contributed by atoms with Crippen LogP contribution in [0.4, 0.5) is 5.69 Å². The Balaban J connectivity index is 1.67. The average molecular weight is 466 g/mol. The highest BCUT2D eigenvalue weighted by atomic mass is 16.5. The van der Waals surface area contributed by atoms with Crippen molar-refractivity contribution in [3.8, 4) is 5.75 Å². The molecule has 176 valence electrons. The van der Waals surface area contributed by atoms with E-state index in [9.17, 15) is 9.59 Å². The highest BCUT2D eigenvalue weighted by molar-refractivity contribution is 5.98. The maximum Gasteiger partial charge on any atom is 0.319 e. The fraction of sp³-hybridized carbons (Fsp3) is 0.133. The Morgan fingerprint density at radius 3 is 1.74 bits per heavy atom. The van der Waals surface area contributed by atoms with E-state index < -0.39 is 23.9 Å². The molecule has 1 amide bonds. The second kappa shape index (κ2) is 11.2. The van der Waals surface area contributed by atoms with Gasteiger partial charge in [0.15, 0.2) is 0 Å². The Bertz CT molecular complexity index is 1230. The molecule has 0 aliphatic carbocycles. The van der Waals surface area contributed by atoms with Gasteiger partial charge < -0.3 is 14.8 Å². The van der Waals surface area contributed by atoms with Crippen molar-refractivity contribution in [1.29, 1.82) is 0 Å². The van der Waals surface area contributed by atoms with Gasteiger partial charge in [0.1, 0.15) is 11.7 Å². The van der Waals surface area contributed by atoms with Crippen LogP contribution in [0.3, 0.4) is 0 Å². The highest BCUT2D eigenvalue weighted by Gasteiger charge is 2.31. The lowest BCUT2D eigenvalue weighted by atomic mass is 9.91. The number of amides is 1. The van der Waals surface area contributed by atoms with Crippen LogP contribution in [0.25, 0.3) is 0 Å². The predicted molar refractivity (Wildman–Crippen MR) is 136 cm³/mol. The third-order valence-corrected chi connectivity index (χ3v) is 5.69. The van der Waals surface area contributed by atoms with Crippen molar-refractivity contribution in [3.63, 3.8) is 0 Å². The zero-order chi connectivity index (χ0) is 24.6. The number of anilines is 1. The van der Waals surface area contributed by atoms with E-state index in [1.54, 1.807) is 25.3 Å². The molecule has 0 aromatic heterocycles. The van der Waals surface area contributed by atoms with Crippen LogP contribution in [0.15, 0.2) is 109 Å². The van der Waals surface area contributed by atoms with Crippen LogP contribution in [0.1, 0.15) is 34.3 Å². The number of benzene rings is 4. The summed E-state index contributed by atoms with van der Waals surface area (Å²) in [6, 6.07) is 33.3. The van der Waals surface area contributed by atoms with Crippen LogP contribution in [0.2, 0.25) is 0 Å². The summed E-state index contributed by atoms with van der Waals surface area (Å²) in [5.41, 5.74) is 3.62. The largest absolute Gasteiger partial charge is 0.495 e. The van der Waals surface area contributed by atoms with Crippen molar-refractivity contribution < 1.29 is 19.1 Å². The summed E-state index contributed by atoms with van der Waals surface area (Å²) in [7, 11) is 1.54. The Hall–Kier alpha value is -4.38. The topological polar surface area (TPSA) is 64.6 Å². The highest BCUT2D eigenvalue weighted by Crippen LogP contribution is 2.31. The van der Waals surface area contributed by atoms with Crippen molar-refractivity contribution in [2.45, 2.75) is 18.9 Å². The minimum Gasteiger partial charge on any atom is -0.495 e. The van der Waals surface area contributed by atoms with Crippen molar-refractivity contribution in [3.05, 3.63) is 131 Å². The second-order valence-corrected chi connectivity index (χ2v) is 8.17. The van der Waals surface area contributed by atoms with Gasteiger partial charge in [0.25, 0.3) is 5.91 Å². The molecule has 0 aliphatic heterocycles. The molecule has 4 rings (SSSR count). The molecule has 0 radical (unpaired) electrons. The van der Waals surface area contributed by atoms with Gasteiger partial charge in [-0.15, -0.1) is 0 Å². The zero-order valence-electron chi connectivity index (χ0n) is 19.7. The number of aryl methyl sites for hydroxylation is 1. The average Bonchev–Trinajstić information content (AvgIpc) is 2.89. The summed E-state index contributed by atoms with van der Waals surface area (Å²) in [6.45, 7) is 1.92. The van der Waals surface area contributed by atoms with Crippen LogP contribution in [0, 0.1) is 6.92 Å². The maximum atomic E-state index is 13.6. The summed E-state index contributed by atoms with van der Waals surface area (Å²) < 4.78 is 11.4. The summed E-state index contributed by atoms with van der Waals surface area (Å²) in [4.78, 5) is 27.1. The Kier molecular flexibility index (Phi) is 7.58. The third-order valence-electron chi connectivity index (χ3n) is 5.69. The molecule has 0 heterocycles. The van der Waals surface area contributed by atoms with Gasteiger partial charge in [-0.25, -0.2) is 0 Å². The molecule has 0 spiro atoms. The minimum atomic E-state index is -1.15. The maximum absolute atomic E-state index is 13.6. The van der Waals surface area contributed by atoms with Gasteiger partial charge in [-0.1, -0.05) is 97.1 Å². The summed E-state index contributed by atoms with van der Waals surface area (Å²) in [6.07, 6.45) is -1.15. The van der Waals surface area contributed by atoms with Crippen LogP contribution in [0.5, 0.6) is 5.75 Å². The van der Waals surface area contributed by atoms with Gasteiger partial charge in [-0.2, -0.15) is 0 Å². The lowest BCUT2D eigenvalue weighted by Crippen LogP contribution is -2.28. The quantitative estimate of drug-likeness (QED) is 0.321. The molecular weight excluding hydrogens is 438 g/mol. The number of nitrogens with one attached hydrogen (secondary N) is 1. The van der Waals surface area contributed by atoms with E-state index >= 15 is 0 Å². The standard InChI is InChI=1S/C30H27NO4/c1-21-18-19-26(34-2)25(20-21)31-29(32)28(24-16-10-5-11-17-24)35-30(33)27(22-12-6-3-7-13-22)23-14-8-4-9-15-23/h3-20,27-28H,1-2H3,(H,31,32)/t28-/m1/s1. The van der Waals surface area contributed by atoms with Crippen molar-refractivity contribution in [1.82, 2.24) is 0 Å². The Morgan fingerprint density at radius 1 is 0.714 bits per heavy atom. The fourth-order valence-electron chi connectivity index (χ4n) is 3.96. The summed E-state index contributed by atoms with van der Waals surface area (Å²) in [5, 5.41) is 2.88. The molecule has 1 atom stereocenters. The molecule has 5 heteroatoms. The van der Waals surface area contributed by atoms with E-state index in [4.69, 9.17) is 9.47 Å². The first-order chi connectivity index (χ1) is 17.1. The number of carbonyl (C=O) groups excluding carboxylic acids is 2. The van der Waals surface area contributed by atoms with Crippen LogP contribution in [-0.4, -0.2) is 19.0 Å². The SMILES string of the molecule is COc1ccc(C)cc1NC(=O)[C@H](OC(=O)C(c1ccccc1)c1ccccc1)c1ccccc1. The van der Waals surface area contributed by atoms with Gasteiger partial charge >= 0.3 is 5.97 Å². The van der Waals surface area contributed by atoms with Gasteiger partial charge in [0, 0.05) is 5.56 Å². The number of hydrogen-bond donors (Lipinski definition) is 1. The summed E-state index contributed by atoms with van der Waals surface area (Å²) in [5.74, 6) is -1.13. The first kappa shape index (κ1) is 23.8. The van der Waals surface area contributed by atoms with Crippen molar-refractivity contribution in [2.24, 2.45) is 0 Å². The zero-order valence-corrected chi connectivity index (χ0v) is 19.7. The Labute approximate surface area is 205 Å². The van der Waals surface area contributed by atoms with Gasteiger partial charge in [-0.3, -0.25) is 9.59 Å². The molecule has 0 saturated heterocycles. The Morgan fingerprint density at radius 2 is 1.23 bits per heavy atom. The van der Waals surface area contributed by atoms with E-state index in [1.807, 2.05) is 97.9 Å². The minimum absolute atomic E-state index is 0.465. The van der Waals surface area contributed by atoms with Crippen LogP contribution in [-0.2, 0) is 14.3 Å². The lowest BCUT2D eigenvalue weighted by Gasteiger charge is -2.23. The van der Waals surface area contributed by atoms with E-state index in [0.717, 1.165) is 16.7 Å². The number of methoxy groups -OCH3 is 1. The number of rotatable bonds is 8.